The first kappa shape index (κ1) is 16.5. The van der Waals surface area contributed by atoms with Crippen molar-refractivity contribution in [2.75, 3.05) is 19.8 Å². The molecule has 0 aliphatic carbocycles. The molecule has 20 heavy (non-hydrogen) atoms. The van der Waals surface area contributed by atoms with E-state index in [1.54, 1.807) is 14.1 Å². The third kappa shape index (κ3) is 4.22. The van der Waals surface area contributed by atoms with E-state index in [9.17, 15) is 13.2 Å². The zero-order valence-corrected chi connectivity index (χ0v) is 12.8. The van der Waals surface area contributed by atoms with Gasteiger partial charge in [-0.05, 0) is 24.6 Å². The topological polar surface area (TPSA) is 78.2 Å². The molecule has 0 unspecified atom stereocenters. The Bertz CT molecular complexity index is 648. The summed E-state index contributed by atoms with van der Waals surface area (Å²) < 4.78 is 24.2. The monoisotopic (exact) mass is 314 g/mol. The molecular weight excluding hydrogens is 300 g/mol. The van der Waals surface area contributed by atoms with Crippen molar-refractivity contribution in [2.24, 2.45) is 0 Å². The predicted octanol–water partition coefficient (Wildman–Crippen LogP) is 1.85. The summed E-state index contributed by atoms with van der Waals surface area (Å²) >= 11 is 5.88. The van der Waals surface area contributed by atoms with Crippen molar-refractivity contribution in [3.8, 4) is 6.07 Å². The summed E-state index contributed by atoms with van der Waals surface area (Å²) in [4.78, 5) is 12.8. The van der Waals surface area contributed by atoms with Crippen LogP contribution in [0.1, 0.15) is 18.4 Å². The van der Waals surface area contributed by atoms with Crippen LogP contribution in [0, 0.1) is 11.3 Å². The van der Waals surface area contributed by atoms with Crippen LogP contribution in [-0.2, 0) is 14.6 Å². The highest BCUT2D eigenvalue weighted by molar-refractivity contribution is 7.91. The average molecular weight is 315 g/mol. The summed E-state index contributed by atoms with van der Waals surface area (Å²) in [5, 5.41) is 8.74. The molecule has 0 aliphatic rings. The molecule has 0 saturated carbocycles. The number of sulfone groups is 1. The molecule has 108 valence electrons. The first-order valence-electron chi connectivity index (χ1n) is 5.90. The summed E-state index contributed by atoms with van der Waals surface area (Å²) in [6.45, 7) is 0. The molecule has 0 saturated heterocycles. The highest BCUT2D eigenvalue weighted by Crippen LogP contribution is 2.24. The third-order valence-corrected chi connectivity index (χ3v) is 4.98. The lowest BCUT2D eigenvalue weighted by Gasteiger charge is -2.10. The molecule has 0 N–H and O–H groups in total. The second-order valence-corrected chi connectivity index (χ2v) is 6.95. The van der Waals surface area contributed by atoms with Gasteiger partial charge in [-0.25, -0.2) is 8.42 Å². The lowest BCUT2D eigenvalue weighted by molar-refractivity contribution is -0.128. The highest BCUT2D eigenvalue weighted by Gasteiger charge is 2.19. The molecule has 0 aromatic heterocycles. The maximum Gasteiger partial charge on any atom is 0.222 e. The summed E-state index contributed by atoms with van der Waals surface area (Å²) in [6.07, 6.45) is 0.399. The Morgan fingerprint density at radius 1 is 1.40 bits per heavy atom. The molecule has 0 bridgehead atoms. The van der Waals surface area contributed by atoms with Gasteiger partial charge in [-0.2, -0.15) is 5.26 Å². The number of nitrogens with zero attached hydrogens (tertiary/aromatic N) is 2. The maximum absolute atomic E-state index is 12.1. The number of carbonyl (C=O) groups excluding carboxylic acids is 1. The van der Waals surface area contributed by atoms with E-state index in [0.717, 1.165) is 0 Å². The van der Waals surface area contributed by atoms with Gasteiger partial charge in [0, 0.05) is 20.5 Å². The minimum absolute atomic E-state index is 0.00420. The first-order valence-corrected chi connectivity index (χ1v) is 7.93. The lowest BCUT2D eigenvalue weighted by Crippen LogP contribution is -2.22. The zero-order chi connectivity index (χ0) is 15.3. The molecule has 0 spiro atoms. The van der Waals surface area contributed by atoms with E-state index >= 15 is 0 Å². The van der Waals surface area contributed by atoms with Crippen molar-refractivity contribution < 1.29 is 13.2 Å². The Kier molecular flexibility index (Phi) is 5.54. The van der Waals surface area contributed by atoms with E-state index < -0.39 is 9.84 Å². The molecule has 5 nitrogen and oxygen atoms in total. The van der Waals surface area contributed by atoms with Crippen LogP contribution in [0.2, 0.25) is 5.02 Å². The second kappa shape index (κ2) is 6.73. The van der Waals surface area contributed by atoms with Crippen LogP contribution in [0.25, 0.3) is 0 Å². The highest BCUT2D eigenvalue weighted by atomic mass is 35.5. The molecule has 1 aromatic carbocycles. The van der Waals surface area contributed by atoms with Crippen molar-refractivity contribution in [1.29, 1.82) is 5.26 Å². The Balaban J connectivity index is 2.80. The minimum Gasteiger partial charge on any atom is -0.349 e. The van der Waals surface area contributed by atoms with Crippen LogP contribution in [0.4, 0.5) is 0 Å². The van der Waals surface area contributed by atoms with Gasteiger partial charge >= 0.3 is 0 Å². The van der Waals surface area contributed by atoms with E-state index in [1.807, 2.05) is 6.07 Å². The number of rotatable bonds is 5. The zero-order valence-electron chi connectivity index (χ0n) is 11.3. The largest absolute Gasteiger partial charge is 0.349 e. The number of halogens is 1. The summed E-state index contributed by atoms with van der Waals surface area (Å²) in [6, 6.07) is 5.94. The number of hydrogen-bond donors (Lipinski definition) is 0. The molecule has 1 amide bonds. The number of amides is 1. The van der Waals surface area contributed by atoms with Gasteiger partial charge in [0.25, 0.3) is 0 Å². The molecule has 0 aliphatic heterocycles. The normalized spacial score (nSPS) is 10.9. The Morgan fingerprint density at radius 2 is 2.05 bits per heavy atom. The van der Waals surface area contributed by atoms with Crippen molar-refractivity contribution in [3.63, 3.8) is 0 Å². The van der Waals surface area contributed by atoms with Gasteiger partial charge < -0.3 is 4.90 Å². The molecule has 0 atom stereocenters. The van der Waals surface area contributed by atoms with Gasteiger partial charge in [0.15, 0.2) is 9.84 Å². The first-order chi connectivity index (χ1) is 9.27. The number of carbonyl (C=O) groups is 1. The van der Waals surface area contributed by atoms with Crippen LogP contribution in [0.15, 0.2) is 23.1 Å². The summed E-state index contributed by atoms with van der Waals surface area (Å²) in [7, 11) is -0.311. The Hall–Kier alpha value is -1.58. The predicted molar refractivity (Wildman–Crippen MR) is 76.1 cm³/mol. The summed E-state index contributed by atoms with van der Waals surface area (Å²) in [5.74, 6) is -0.274. The van der Waals surface area contributed by atoms with Crippen molar-refractivity contribution in [1.82, 2.24) is 4.90 Å². The van der Waals surface area contributed by atoms with Gasteiger partial charge in [0.05, 0.1) is 27.3 Å². The Labute approximate surface area is 123 Å². The van der Waals surface area contributed by atoms with Crippen LogP contribution < -0.4 is 0 Å². The van der Waals surface area contributed by atoms with Crippen LogP contribution >= 0.6 is 11.6 Å². The SMILES string of the molecule is CN(C)C(=O)CCCS(=O)(=O)c1ccc(C#N)cc1Cl. The Morgan fingerprint density at radius 3 is 2.55 bits per heavy atom. The molecule has 7 heteroatoms. The van der Waals surface area contributed by atoms with E-state index in [4.69, 9.17) is 16.9 Å². The van der Waals surface area contributed by atoms with Gasteiger partial charge in [0.2, 0.25) is 5.91 Å². The molecular formula is C13H15ClN2O3S. The maximum atomic E-state index is 12.1. The minimum atomic E-state index is -3.55. The fraction of sp³-hybridized carbons (Fsp3) is 0.385. The van der Waals surface area contributed by atoms with Crippen LogP contribution in [0.3, 0.4) is 0 Å². The number of benzene rings is 1. The van der Waals surface area contributed by atoms with Gasteiger partial charge in [0.1, 0.15) is 0 Å². The standard InChI is InChI=1S/C13H15ClN2O3S/c1-16(2)13(17)4-3-7-20(18,19)12-6-5-10(9-15)8-11(12)14/h5-6,8H,3-4,7H2,1-2H3. The second-order valence-electron chi connectivity index (χ2n) is 4.47. The quantitative estimate of drug-likeness (QED) is 0.831. The lowest BCUT2D eigenvalue weighted by atomic mass is 10.2. The van der Waals surface area contributed by atoms with E-state index in [-0.39, 0.29) is 34.4 Å². The van der Waals surface area contributed by atoms with E-state index in [2.05, 4.69) is 0 Å². The van der Waals surface area contributed by atoms with Crippen molar-refractivity contribution in [3.05, 3.63) is 28.8 Å². The van der Waals surface area contributed by atoms with Gasteiger partial charge in [-0.15, -0.1) is 0 Å². The van der Waals surface area contributed by atoms with Crippen molar-refractivity contribution >= 4 is 27.3 Å². The van der Waals surface area contributed by atoms with Crippen molar-refractivity contribution in [2.45, 2.75) is 17.7 Å². The van der Waals surface area contributed by atoms with Crippen LogP contribution in [-0.4, -0.2) is 39.1 Å². The molecule has 0 radical (unpaired) electrons. The van der Waals surface area contributed by atoms with E-state index in [1.165, 1.54) is 23.1 Å². The summed E-state index contributed by atoms with van der Waals surface area (Å²) in [5.41, 5.74) is 0.303. The number of nitriles is 1. The molecule has 0 heterocycles. The average Bonchev–Trinajstić information content (AvgIpc) is 2.37. The third-order valence-electron chi connectivity index (χ3n) is 2.70. The molecule has 0 fully saturated rings. The smallest absolute Gasteiger partial charge is 0.222 e. The fourth-order valence-corrected chi connectivity index (χ4v) is 3.48. The number of hydrogen-bond acceptors (Lipinski definition) is 4. The van der Waals surface area contributed by atoms with E-state index in [0.29, 0.717) is 5.56 Å². The molecule has 1 rings (SSSR count). The molecule has 1 aromatic rings. The van der Waals surface area contributed by atoms with Crippen LogP contribution in [0.5, 0.6) is 0 Å². The van der Waals surface area contributed by atoms with Gasteiger partial charge in [-0.3, -0.25) is 4.79 Å². The fourth-order valence-electron chi connectivity index (χ4n) is 1.57. The van der Waals surface area contributed by atoms with Gasteiger partial charge in [-0.1, -0.05) is 11.6 Å².